The van der Waals surface area contributed by atoms with Crippen molar-refractivity contribution < 1.29 is 27.4 Å². The fraction of sp³-hybridized carbons (Fsp3) is 0.350. The van der Waals surface area contributed by atoms with Crippen molar-refractivity contribution in [2.75, 3.05) is 12.4 Å². The van der Waals surface area contributed by atoms with E-state index in [-0.39, 0.29) is 27.8 Å². The molecule has 2 atom stereocenters. The molecular formula is C20H23ClF2N4O4S. The number of nitrogens with two attached hydrogens (primary N) is 1. The number of benzene rings is 1. The molecule has 1 aliphatic rings. The number of hydrogen-bond acceptors (Lipinski definition) is 7. The summed E-state index contributed by atoms with van der Waals surface area (Å²) < 4.78 is 54.7. The number of methoxy groups -OCH3 is 1. The number of aliphatic imine (C=N–C) groups is 1. The summed E-state index contributed by atoms with van der Waals surface area (Å²) in [5, 5.41) is 2.54. The molecule has 0 saturated carbocycles. The van der Waals surface area contributed by atoms with E-state index in [1.807, 2.05) is 0 Å². The van der Waals surface area contributed by atoms with Gasteiger partial charge in [0.1, 0.15) is 33.4 Å². The highest BCUT2D eigenvalue weighted by atomic mass is 35.5. The van der Waals surface area contributed by atoms with E-state index in [4.69, 9.17) is 22.1 Å². The number of hydrogen-bond donors (Lipinski definition) is 4. The van der Waals surface area contributed by atoms with Crippen LogP contribution in [0.25, 0.3) is 0 Å². The second-order valence-electron chi connectivity index (χ2n) is 7.92. The Balaban J connectivity index is 2.01. The van der Waals surface area contributed by atoms with Crippen molar-refractivity contribution in [1.82, 2.24) is 4.98 Å². The minimum Gasteiger partial charge on any atom is -0.495 e. The first-order valence-corrected chi connectivity index (χ1v) is 11.3. The lowest BCUT2D eigenvalue weighted by Gasteiger charge is -2.55. The number of carbonyl (C=O) groups is 1. The highest BCUT2D eigenvalue weighted by molar-refractivity contribution is 8.26. The third kappa shape index (κ3) is 3.79. The van der Waals surface area contributed by atoms with Gasteiger partial charge in [-0.3, -0.25) is 18.9 Å². The van der Waals surface area contributed by atoms with E-state index in [1.165, 1.54) is 46.2 Å². The maximum atomic E-state index is 15.4. The van der Waals surface area contributed by atoms with Crippen molar-refractivity contribution in [2.24, 2.45) is 10.7 Å². The van der Waals surface area contributed by atoms with Gasteiger partial charge in [-0.05, 0) is 39.0 Å². The van der Waals surface area contributed by atoms with E-state index in [0.717, 1.165) is 12.1 Å². The molecule has 1 amide bonds. The number of pyridine rings is 1. The van der Waals surface area contributed by atoms with Crippen LogP contribution in [0, 0.1) is 5.82 Å². The van der Waals surface area contributed by atoms with Crippen LogP contribution >= 0.6 is 22.2 Å². The summed E-state index contributed by atoms with van der Waals surface area (Å²) in [7, 11) is -2.55. The van der Waals surface area contributed by atoms with Gasteiger partial charge in [-0.1, -0.05) is 11.6 Å². The molecule has 1 unspecified atom stereocenters. The number of rotatable bonds is 4. The van der Waals surface area contributed by atoms with Crippen LogP contribution in [0.5, 0.6) is 5.75 Å². The fourth-order valence-electron chi connectivity index (χ4n) is 3.23. The smallest absolute Gasteiger partial charge is 0.275 e. The van der Waals surface area contributed by atoms with Crippen molar-refractivity contribution in [3.8, 4) is 5.75 Å². The molecule has 0 aliphatic carbocycles. The Bertz CT molecular complexity index is 1120. The molecule has 12 heteroatoms. The molecule has 2 aromatic rings. The normalized spacial score (nSPS) is 24.9. The largest absolute Gasteiger partial charge is 0.495 e. The van der Waals surface area contributed by atoms with Crippen molar-refractivity contribution in [2.45, 2.75) is 36.6 Å². The zero-order valence-corrected chi connectivity index (χ0v) is 19.3. The zero-order chi connectivity index (χ0) is 24.1. The molecule has 8 nitrogen and oxygen atoms in total. The van der Waals surface area contributed by atoms with Crippen LogP contribution in [0.3, 0.4) is 0 Å². The number of carbonyl (C=O) groups excluding carboxylic acids is 1. The fourth-order valence-corrected chi connectivity index (χ4v) is 5.16. The average molecular weight is 489 g/mol. The third-order valence-corrected chi connectivity index (χ3v) is 8.52. The molecule has 1 aromatic heterocycles. The number of anilines is 1. The van der Waals surface area contributed by atoms with Crippen molar-refractivity contribution in [1.29, 1.82) is 0 Å². The van der Waals surface area contributed by atoms with Gasteiger partial charge in [0.15, 0.2) is 0 Å². The maximum Gasteiger partial charge on any atom is 0.275 e. The minimum atomic E-state index is -3.97. The number of amides is 1. The molecule has 174 valence electrons. The Morgan fingerprint density at radius 2 is 1.97 bits per heavy atom. The first-order valence-electron chi connectivity index (χ1n) is 9.33. The number of halogens is 3. The lowest BCUT2D eigenvalue weighted by molar-refractivity contribution is 0.102. The van der Waals surface area contributed by atoms with E-state index in [2.05, 4.69) is 15.3 Å². The van der Waals surface area contributed by atoms with Crippen molar-refractivity contribution >= 4 is 39.6 Å². The van der Waals surface area contributed by atoms with Crippen LogP contribution < -0.4 is 15.8 Å². The molecule has 1 aliphatic heterocycles. The number of alkyl halides is 1. The molecule has 3 rings (SSSR count). The van der Waals surface area contributed by atoms with Crippen molar-refractivity contribution in [3.63, 3.8) is 0 Å². The molecule has 0 radical (unpaired) electrons. The lowest BCUT2D eigenvalue weighted by atomic mass is 9.91. The first-order chi connectivity index (χ1) is 14.8. The highest BCUT2D eigenvalue weighted by Gasteiger charge is 2.57. The van der Waals surface area contributed by atoms with Gasteiger partial charge in [-0.15, -0.1) is 0 Å². The Labute approximate surface area is 190 Å². The SMILES string of the molecule is COc1cnc(C(=O)Nc2ccc(F)c([C@@]3(C)N=C(N)C(C)(C)S(O)(O)C3F)c2)c(Cl)c1. The van der Waals surface area contributed by atoms with E-state index in [0.29, 0.717) is 5.75 Å². The van der Waals surface area contributed by atoms with Gasteiger partial charge in [0.05, 0.1) is 18.3 Å². The Morgan fingerprint density at radius 3 is 2.56 bits per heavy atom. The van der Waals surface area contributed by atoms with E-state index in [9.17, 15) is 18.3 Å². The predicted octanol–water partition coefficient (Wildman–Crippen LogP) is 4.55. The number of amidine groups is 1. The summed E-state index contributed by atoms with van der Waals surface area (Å²) in [5.41, 5.74) is 1.18. The standard InChI is InChI=1S/C20H23ClF2N4O4S/c1-19(2)18(24)27-20(3,17(23)32(19,29)30)12-7-10(5-6-14(12)22)26-16(28)15-13(21)8-11(31-4)9-25-15/h5-9,17,29-30H,1-4H3,(H2,24,27)(H,26,28)/t17?,20-/m1/s1. The first kappa shape index (κ1) is 24.2. The van der Waals surface area contributed by atoms with E-state index in [1.54, 1.807) is 0 Å². The van der Waals surface area contributed by atoms with Crippen LogP contribution in [0.1, 0.15) is 36.8 Å². The van der Waals surface area contributed by atoms with Gasteiger partial charge in [0.25, 0.3) is 5.91 Å². The quantitative estimate of drug-likeness (QED) is 0.499. The number of aromatic nitrogens is 1. The summed E-state index contributed by atoms with van der Waals surface area (Å²) in [6.45, 7) is 3.91. The molecule has 0 spiro atoms. The molecule has 32 heavy (non-hydrogen) atoms. The van der Waals surface area contributed by atoms with Crippen molar-refractivity contribution in [3.05, 3.63) is 52.6 Å². The Kier molecular flexibility index (Phi) is 6.15. The van der Waals surface area contributed by atoms with Crippen LogP contribution in [-0.2, 0) is 5.54 Å². The second kappa shape index (κ2) is 8.14. The summed E-state index contributed by atoms with van der Waals surface area (Å²) in [4.78, 5) is 20.6. The number of ether oxygens (including phenoxy) is 1. The average Bonchev–Trinajstić information content (AvgIpc) is 2.72. The predicted molar refractivity (Wildman–Crippen MR) is 121 cm³/mol. The molecule has 5 N–H and O–H groups in total. The molecule has 2 heterocycles. The van der Waals surface area contributed by atoms with E-state index >= 15 is 4.39 Å². The van der Waals surface area contributed by atoms with Gasteiger partial charge in [-0.2, -0.15) is 10.6 Å². The van der Waals surface area contributed by atoms with Crippen LogP contribution in [0.15, 0.2) is 35.5 Å². The van der Waals surface area contributed by atoms with Gasteiger partial charge in [-0.25, -0.2) is 13.8 Å². The third-order valence-electron chi connectivity index (χ3n) is 5.49. The van der Waals surface area contributed by atoms with Crippen LogP contribution in [-0.4, -0.2) is 43.2 Å². The summed E-state index contributed by atoms with van der Waals surface area (Å²) in [6.07, 6.45) is 1.30. The maximum absolute atomic E-state index is 15.4. The lowest BCUT2D eigenvalue weighted by Crippen LogP contribution is -2.55. The number of nitrogens with zero attached hydrogens (tertiary/aromatic N) is 2. The van der Waals surface area contributed by atoms with Gasteiger partial charge in [0, 0.05) is 17.3 Å². The molecule has 1 aromatic carbocycles. The van der Waals surface area contributed by atoms with Crippen LogP contribution in [0.4, 0.5) is 14.5 Å². The molecular weight excluding hydrogens is 466 g/mol. The summed E-state index contributed by atoms with van der Waals surface area (Å²) in [5.74, 6) is -1.43. The minimum absolute atomic E-state index is 0.0285. The van der Waals surface area contributed by atoms with Gasteiger partial charge >= 0.3 is 0 Å². The topological polar surface area (TPSA) is 130 Å². The second-order valence-corrected chi connectivity index (χ2v) is 10.9. The van der Waals surface area contributed by atoms with Gasteiger partial charge < -0.3 is 15.8 Å². The number of nitrogens with one attached hydrogen (secondary N) is 1. The summed E-state index contributed by atoms with van der Waals surface area (Å²) >= 11 is 6.07. The van der Waals surface area contributed by atoms with Gasteiger partial charge in [0.2, 0.25) is 5.50 Å². The monoisotopic (exact) mass is 488 g/mol. The molecule has 0 saturated heterocycles. The summed E-state index contributed by atoms with van der Waals surface area (Å²) in [6, 6.07) is 4.81. The van der Waals surface area contributed by atoms with Crippen LogP contribution in [0.2, 0.25) is 5.02 Å². The van der Waals surface area contributed by atoms with E-state index < -0.39 is 38.1 Å². The molecule has 0 fully saturated rings. The highest BCUT2D eigenvalue weighted by Crippen LogP contribution is 2.64. The molecule has 0 bridgehead atoms. The Hall–Kier alpha value is -2.47. The Morgan fingerprint density at radius 1 is 1.31 bits per heavy atom. The zero-order valence-electron chi connectivity index (χ0n) is 17.7.